The molecule has 1 aromatic carbocycles. The first-order chi connectivity index (χ1) is 8.81. The van der Waals surface area contributed by atoms with Gasteiger partial charge in [0.1, 0.15) is 12.4 Å². The summed E-state index contributed by atoms with van der Waals surface area (Å²) in [6.45, 7) is 2.88. The van der Waals surface area contributed by atoms with Crippen LogP contribution in [0, 0.1) is 0 Å². The van der Waals surface area contributed by atoms with Crippen LogP contribution in [-0.4, -0.2) is 37.3 Å². The Morgan fingerprint density at radius 3 is 2.94 bits per heavy atom. The average molecular weight is 250 g/mol. The number of amides is 1. The summed E-state index contributed by atoms with van der Waals surface area (Å²) in [6.07, 6.45) is 0.561. The van der Waals surface area contributed by atoms with Gasteiger partial charge in [0.25, 0.3) is 0 Å². The number of para-hydroxylation sites is 1. The first-order valence-corrected chi connectivity index (χ1v) is 6.13. The Kier molecular flexibility index (Phi) is 4.41. The third-order valence-corrected chi connectivity index (χ3v) is 2.87. The number of hydrogen-bond acceptors (Lipinski definition) is 4. The number of hydrogen-bond donors (Lipinski definition) is 1. The summed E-state index contributed by atoms with van der Waals surface area (Å²) >= 11 is 0. The largest absolute Gasteiger partial charge is 0.493 e. The first-order valence-electron chi connectivity index (χ1n) is 6.13. The Hall–Kier alpha value is -1.75. The fourth-order valence-corrected chi connectivity index (χ4v) is 1.88. The van der Waals surface area contributed by atoms with Crippen LogP contribution in [0.3, 0.4) is 0 Å². The standard InChI is InChI=1S/C13H18N2O3/c14-10-11-4-1-2-5-12(11)17-8-3-6-15-7-9-18-13(15)16/h1-2,4-5H,3,6-10,14H2. The lowest BCUT2D eigenvalue weighted by atomic mass is 10.2. The van der Waals surface area contributed by atoms with Gasteiger partial charge in [-0.15, -0.1) is 0 Å². The lowest BCUT2D eigenvalue weighted by molar-refractivity contribution is 0.156. The second-order valence-corrected chi connectivity index (χ2v) is 4.12. The molecule has 1 saturated heterocycles. The van der Waals surface area contributed by atoms with Crippen LogP contribution in [0.4, 0.5) is 4.79 Å². The van der Waals surface area contributed by atoms with Crippen molar-refractivity contribution in [3.63, 3.8) is 0 Å². The molecule has 0 atom stereocenters. The van der Waals surface area contributed by atoms with E-state index >= 15 is 0 Å². The zero-order valence-corrected chi connectivity index (χ0v) is 10.3. The lowest BCUT2D eigenvalue weighted by Gasteiger charge is -2.13. The van der Waals surface area contributed by atoms with E-state index < -0.39 is 0 Å². The molecule has 1 aliphatic rings. The molecule has 2 N–H and O–H groups in total. The van der Waals surface area contributed by atoms with Crippen molar-refractivity contribution in [3.05, 3.63) is 29.8 Å². The minimum Gasteiger partial charge on any atom is -0.493 e. The summed E-state index contributed by atoms with van der Waals surface area (Å²) in [6, 6.07) is 7.72. The Bertz CT molecular complexity index is 409. The zero-order chi connectivity index (χ0) is 12.8. The summed E-state index contributed by atoms with van der Waals surface area (Å²) < 4.78 is 10.5. The van der Waals surface area contributed by atoms with E-state index in [1.807, 2.05) is 24.3 Å². The molecule has 0 spiro atoms. The van der Waals surface area contributed by atoms with Gasteiger partial charge in [-0.1, -0.05) is 18.2 Å². The van der Waals surface area contributed by atoms with Crippen LogP contribution in [0.2, 0.25) is 0 Å². The van der Waals surface area contributed by atoms with Crippen molar-refractivity contribution in [1.29, 1.82) is 0 Å². The number of ether oxygens (including phenoxy) is 2. The molecule has 1 fully saturated rings. The summed E-state index contributed by atoms with van der Waals surface area (Å²) in [7, 11) is 0. The Labute approximate surface area is 106 Å². The van der Waals surface area contributed by atoms with Gasteiger partial charge in [0.05, 0.1) is 13.2 Å². The third-order valence-electron chi connectivity index (χ3n) is 2.87. The number of nitrogens with zero attached hydrogens (tertiary/aromatic N) is 1. The SMILES string of the molecule is NCc1ccccc1OCCCN1CCOC1=O. The molecule has 98 valence electrons. The van der Waals surface area contributed by atoms with Gasteiger partial charge in [-0.2, -0.15) is 0 Å². The number of nitrogens with two attached hydrogens (primary N) is 1. The minimum atomic E-state index is -0.225. The van der Waals surface area contributed by atoms with Gasteiger partial charge in [-0.3, -0.25) is 0 Å². The lowest BCUT2D eigenvalue weighted by Crippen LogP contribution is -2.26. The van der Waals surface area contributed by atoms with Gasteiger partial charge < -0.3 is 20.1 Å². The maximum absolute atomic E-state index is 11.2. The van der Waals surface area contributed by atoms with E-state index in [9.17, 15) is 4.79 Å². The van der Waals surface area contributed by atoms with Crippen LogP contribution < -0.4 is 10.5 Å². The third kappa shape index (κ3) is 3.13. The predicted molar refractivity (Wildman–Crippen MR) is 67.4 cm³/mol. The molecule has 2 rings (SSSR count). The molecule has 0 bridgehead atoms. The van der Waals surface area contributed by atoms with Crippen LogP contribution in [0.5, 0.6) is 5.75 Å². The van der Waals surface area contributed by atoms with Crippen LogP contribution in [0.25, 0.3) is 0 Å². The quantitative estimate of drug-likeness (QED) is 0.774. The van der Waals surface area contributed by atoms with Crippen molar-refractivity contribution in [2.75, 3.05) is 26.3 Å². The summed E-state index contributed by atoms with van der Waals surface area (Å²) in [5, 5.41) is 0. The average Bonchev–Trinajstić information content (AvgIpc) is 2.81. The summed E-state index contributed by atoms with van der Waals surface area (Å²) in [4.78, 5) is 12.9. The second kappa shape index (κ2) is 6.26. The summed E-state index contributed by atoms with van der Waals surface area (Å²) in [5.41, 5.74) is 6.62. The maximum atomic E-state index is 11.2. The first kappa shape index (κ1) is 12.7. The van der Waals surface area contributed by atoms with Gasteiger partial charge in [0.15, 0.2) is 0 Å². The maximum Gasteiger partial charge on any atom is 0.409 e. The highest BCUT2D eigenvalue weighted by Gasteiger charge is 2.20. The van der Waals surface area contributed by atoms with E-state index in [4.69, 9.17) is 15.2 Å². The van der Waals surface area contributed by atoms with Crippen molar-refractivity contribution >= 4 is 6.09 Å². The van der Waals surface area contributed by atoms with Crippen LogP contribution in [0.15, 0.2) is 24.3 Å². The van der Waals surface area contributed by atoms with E-state index in [1.165, 1.54) is 0 Å². The molecule has 5 nitrogen and oxygen atoms in total. The van der Waals surface area contributed by atoms with Gasteiger partial charge in [0.2, 0.25) is 0 Å². The molecular formula is C13H18N2O3. The van der Waals surface area contributed by atoms with Crippen molar-refractivity contribution < 1.29 is 14.3 Å². The second-order valence-electron chi connectivity index (χ2n) is 4.12. The van der Waals surface area contributed by atoms with Crippen molar-refractivity contribution in [3.8, 4) is 5.75 Å². The molecule has 5 heteroatoms. The predicted octanol–water partition coefficient (Wildman–Crippen LogP) is 1.37. The number of rotatable bonds is 6. The smallest absolute Gasteiger partial charge is 0.409 e. The molecule has 0 saturated carbocycles. The number of carbonyl (C=O) groups is 1. The Morgan fingerprint density at radius 2 is 2.22 bits per heavy atom. The van der Waals surface area contributed by atoms with E-state index in [0.717, 1.165) is 17.7 Å². The zero-order valence-electron chi connectivity index (χ0n) is 10.3. The van der Waals surface area contributed by atoms with Crippen LogP contribution >= 0.6 is 0 Å². The van der Waals surface area contributed by atoms with Crippen LogP contribution in [-0.2, 0) is 11.3 Å². The molecule has 1 aliphatic heterocycles. The van der Waals surface area contributed by atoms with E-state index in [0.29, 0.717) is 32.8 Å². The van der Waals surface area contributed by atoms with Crippen LogP contribution in [0.1, 0.15) is 12.0 Å². The molecular weight excluding hydrogens is 232 g/mol. The van der Waals surface area contributed by atoms with Gasteiger partial charge in [-0.05, 0) is 12.5 Å². The van der Waals surface area contributed by atoms with E-state index in [2.05, 4.69) is 0 Å². The van der Waals surface area contributed by atoms with Gasteiger partial charge >= 0.3 is 6.09 Å². The number of carbonyl (C=O) groups excluding carboxylic acids is 1. The molecule has 1 heterocycles. The minimum absolute atomic E-state index is 0.225. The summed E-state index contributed by atoms with van der Waals surface area (Å²) in [5.74, 6) is 0.823. The molecule has 1 aromatic rings. The van der Waals surface area contributed by atoms with Crippen molar-refractivity contribution in [2.24, 2.45) is 5.73 Å². The van der Waals surface area contributed by atoms with Gasteiger partial charge in [0, 0.05) is 18.7 Å². The number of cyclic esters (lactones) is 1. The molecule has 0 unspecified atom stereocenters. The fourth-order valence-electron chi connectivity index (χ4n) is 1.88. The fraction of sp³-hybridized carbons (Fsp3) is 0.462. The molecule has 0 radical (unpaired) electrons. The highest BCUT2D eigenvalue weighted by Crippen LogP contribution is 2.17. The normalized spacial score (nSPS) is 14.7. The number of benzene rings is 1. The molecule has 0 aromatic heterocycles. The van der Waals surface area contributed by atoms with E-state index in [-0.39, 0.29) is 6.09 Å². The highest BCUT2D eigenvalue weighted by molar-refractivity contribution is 5.69. The highest BCUT2D eigenvalue weighted by atomic mass is 16.6. The van der Waals surface area contributed by atoms with Crippen molar-refractivity contribution in [2.45, 2.75) is 13.0 Å². The van der Waals surface area contributed by atoms with Gasteiger partial charge in [-0.25, -0.2) is 4.79 Å². The molecule has 1 amide bonds. The topological polar surface area (TPSA) is 64.8 Å². The molecule has 0 aliphatic carbocycles. The monoisotopic (exact) mass is 250 g/mol. The van der Waals surface area contributed by atoms with Crippen molar-refractivity contribution in [1.82, 2.24) is 4.90 Å². The molecule has 18 heavy (non-hydrogen) atoms. The van der Waals surface area contributed by atoms with E-state index in [1.54, 1.807) is 4.90 Å². The Balaban J connectivity index is 1.73. The Morgan fingerprint density at radius 1 is 1.39 bits per heavy atom.